The number of benzene rings is 1. The summed E-state index contributed by atoms with van der Waals surface area (Å²) in [5.74, 6) is -1.29. The minimum atomic E-state index is -1.19. The average Bonchev–Trinajstić information content (AvgIpc) is 2.64. The third-order valence-electron chi connectivity index (χ3n) is 3.65. The Balaban J connectivity index is 2.80. The van der Waals surface area contributed by atoms with Crippen molar-refractivity contribution in [1.82, 2.24) is 4.57 Å². The van der Waals surface area contributed by atoms with Gasteiger partial charge in [0.05, 0.1) is 15.8 Å². The van der Waals surface area contributed by atoms with Gasteiger partial charge in [-0.15, -0.1) is 0 Å². The summed E-state index contributed by atoms with van der Waals surface area (Å²) < 4.78 is 1.60. The Labute approximate surface area is 119 Å². The van der Waals surface area contributed by atoms with Crippen molar-refractivity contribution in [1.29, 1.82) is 0 Å². The number of nitro groups is 1. The number of nitrogens with two attached hydrogens (primary N) is 1. The molecule has 0 fully saturated rings. The topological polar surface area (TPSA) is 132 Å². The number of aromatic hydroxyl groups is 1. The lowest BCUT2D eigenvalue weighted by atomic mass is 10.0. The second-order valence-electron chi connectivity index (χ2n) is 4.86. The summed E-state index contributed by atoms with van der Waals surface area (Å²) in [6.07, 6.45) is -0.0528. The second-order valence-corrected chi connectivity index (χ2v) is 4.86. The van der Waals surface area contributed by atoms with Gasteiger partial charge in [0, 0.05) is 25.2 Å². The van der Waals surface area contributed by atoms with Gasteiger partial charge in [0.25, 0.3) is 5.69 Å². The number of carboxylic acid groups (broad SMARTS) is 1. The predicted molar refractivity (Wildman–Crippen MR) is 75.3 cm³/mol. The minimum Gasteiger partial charge on any atom is -0.506 e. The van der Waals surface area contributed by atoms with Crippen LogP contribution in [0, 0.1) is 17.0 Å². The smallest absolute Gasteiger partial charge is 0.320 e. The van der Waals surface area contributed by atoms with Gasteiger partial charge in [0.1, 0.15) is 11.8 Å². The molecule has 4 N–H and O–H groups in total. The monoisotopic (exact) mass is 293 g/mol. The number of aliphatic carboxylic acids is 1. The molecule has 1 unspecified atom stereocenters. The van der Waals surface area contributed by atoms with Crippen molar-refractivity contribution in [2.45, 2.75) is 19.4 Å². The van der Waals surface area contributed by atoms with Crippen molar-refractivity contribution in [3.05, 3.63) is 33.5 Å². The summed E-state index contributed by atoms with van der Waals surface area (Å²) in [5.41, 5.74) is 6.75. The summed E-state index contributed by atoms with van der Waals surface area (Å²) in [4.78, 5) is 21.6. The fourth-order valence-corrected chi connectivity index (χ4v) is 2.47. The van der Waals surface area contributed by atoms with E-state index in [2.05, 4.69) is 0 Å². The van der Waals surface area contributed by atoms with Crippen LogP contribution in [-0.2, 0) is 18.3 Å². The SMILES string of the molecule is Cc1c(CC(N)C(=O)O)c2c([N+](=O)[O-])ccc(O)c2n1C. The molecule has 1 heterocycles. The van der Waals surface area contributed by atoms with E-state index in [1.165, 1.54) is 12.1 Å². The molecule has 0 aliphatic carbocycles. The van der Waals surface area contributed by atoms with Crippen LogP contribution in [0.25, 0.3) is 10.9 Å². The quantitative estimate of drug-likeness (QED) is 0.570. The van der Waals surface area contributed by atoms with Crippen LogP contribution in [0.3, 0.4) is 0 Å². The van der Waals surface area contributed by atoms with Crippen molar-refractivity contribution in [2.75, 3.05) is 0 Å². The molecule has 0 aliphatic heterocycles. The third-order valence-corrected chi connectivity index (χ3v) is 3.65. The minimum absolute atomic E-state index is 0.0528. The second kappa shape index (κ2) is 5.06. The van der Waals surface area contributed by atoms with Gasteiger partial charge in [-0.3, -0.25) is 14.9 Å². The first-order chi connectivity index (χ1) is 9.75. The van der Waals surface area contributed by atoms with E-state index in [1.54, 1.807) is 18.5 Å². The molecule has 0 spiro atoms. The number of phenols is 1. The van der Waals surface area contributed by atoms with E-state index in [4.69, 9.17) is 10.8 Å². The van der Waals surface area contributed by atoms with E-state index in [1.807, 2.05) is 0 Å². The molecule has 8 heteroatoms. The van der Waals surface area contributed by atoms with Crippen LogP contribution in [0.4, 0.5) is 5.69 Å². The summed E-state index contributed by atoms with van der Waals surface area (Å²) in [7, 11) is 1.65. The lowest BCUT2D eigenvalue weighted by Crippen LogP contribution is -2.32. The highest BCUT2D eigenvalue weighted by molar-refractivity contribution is 5.97. The van der Waals surface area contributed by atoms with E-state index < -0.39 is 16.9 Å². The third kappa shape index (κ3) is 2.29. The number of rotatable bonds is 4. The van der Waals surface area contributed by atoms with Gasteiger partial charge in [-0.05, 0) is 18.6 Å². The predicted octanol–water partition coefficient (Wildman–Crippen LogP) is 1.05. The number of non-ortho nitro benzene ring substituents is 1. The normalized spacial score (nSPS) is 12.5. The number of aryl methyl sites for hydroxylation is 1. The number of nitro benzene ring substituents is 1. The van der Waals surface area contributed by atoms with E-state index in [9.17, 15) is 20.0 Å². The van der Waals surface area contributed by atoms with Gasteiger partial charge in [0.2, 0.25) is 0 Å². The largest absolute Gasteiger partial charge is 0.506 e. The Morgan fingerprint density at radius 2 is 2.14 bits per heavy atom. The number of phenolic OH excluding ortho intramolecular Hbond substituents is 1. The molecule has 0 radical (unpaired) electrons. The Hall–Kier alpha value is -2.61. The first-order valence-electron chi connectivity index (χ1n) is 6.18. The molecule has 1 aromatic heterocycles. The summed E-state index contributed by atoms with van der Waals surface area (Å²) in [6, 6.07) is 1.28. The lowest BCUT2D eigenvalue weighted by Gasteiger charge is -2.07. The van der Waals surface area contributed by atoms with Crippen molar-refractivity contribution in [3.8, 4) is 5.75 Å². The zero-order valence-electron chi connectivity index (χ0n) is 11.5. The Kier molecular flexibility index (Phi) is 3.56. The number of nitrogens with zero attached hydrogens (tertiary/aromatic N) is 2. The van der Waals surface area contributed by atoms with Crippen LogP contribution in [-0.4, -0.2) is 31.7 Å². The van der Waals surface area contributed by atoms with Gasteiger partial charge < -0.3 is 20.5 Å². The highest BCUT2D eigenvalue weighted by Gasteiger charge is 2.26. The zero-order chi connectivity index (χ0) is 15.9. The molecule has 2 rings (SSSR count). The fraction of sp³-hybridized carbons (Fsp3) is 0.308. The van der Waals surface area contributed by atoms with Crippen molar-refractivity contribution < 1.29 is 19.9 Å². The molecular formula is C13H15N3O5. The number of carbonyl (C=O) groups is 1. The van der Waals surface area contributed by atoms with Crippen molar-refractivity contribution in [2.24, 2.45) is 12.8 Å². The molecule has 21 heavy (non-hydrogen) atoms. The van der Waals surface area contributed by atoms with E-state index in [0.717, 1.165) is 0 Å². The number of carboxylic acids is 1. The van der Waals surface area contributed by atoms with Crippen LogP contribution in [0.1, 0.15) is 11.3 Å². The number of hydrogen-bond donors (Lipinski definition) is 3. The highest BCUT2D eigenvalue weighted by Crippen LogP contribution is 2.38. The zero-order valence-corrected chi connectivity index (χ0v) is 11.5. The number of hydrogen-bond acceptors (Lipinski definition) is 5. The highest BCUT2D eigenvalue weighted by atomic mass is 16.6. The van der Waals surface area contributed by atoms with Gasteiger partial charge in [0.15, 0.2) is 0 Å². The van der Waals surface area contributed by atoms with Gasteiger partial charge >= 0.3 is 5.97 Å². The van der Waals surface area contributed by atoms with E-state index in [-0.39, 0.29) is 23.2 Å². The Morgan fingerprint density at radius 1 is 1.52 bits per heavy atom. The molecule has 2 aromatic rings. The molecule has 0 saturated heterocycles. The van der Waals surface area contributed by atoms with Crippen LogP contribution < -0.4 is 5.73 Å². The first-order valence-corrected chi connectivity index (χ1v) is 6.18. The molecule has 1 atom stereocenters. The molecule has 0 amide bonds. The van der Waals surface area contributed by atoms with E-state index in [0.29, 0.717) is 16.8 Å². The molecule has 0 aliphatic rings. The van der Waals surface area contributed by atoms with Crippen LogP contribution in [0.2, 0.25) is 0 Å². The average molecular weight is 293 g/mol. The maximum Gasteiger partial charge on any atom is 0.320 e. The van der Waals surface area contributed by atoms with E-state index >= 15 is 0 Å². The molecule has 112 valence electrons. The van der Waals surface area contributed by atoms with Crippen molar-refractivity contribution in [3.63, 3.8) is 0 Å². The van der Waals surface area contributed by atoms with Crippen LogP contribution >= 0.6 is 0 Å². The van der Waals surface area contributed by atoms with Crippen LogP contribution in [0.5, 0.6) is 5.75 Å². The molecule has 0 saturated carbocycles. The van der Waals surface area contributed by atoms with Crippen molar-refractivity contribution >= 4 is 22.6 Å². The van der Waals surface area contributed by atoms with Crippen LogP contribution in [0.15, 0.2) is 12.1 Å². The molecule has 0 bridgehead atoms. The first kappa shape index (κ1) is 14.8. The molecule has 8 nitrogen and oxygen atoms in total. The molecule has 1 aromatic carbocycles. The molecular weight excluding hydrogens is 278 g/mol. The fourth-order valence-electron chi connectivity index (χ4n) is 2.47. The Morgan fingerprint density at radius 3 is 2.67 bits per heavy atom. The summed E-state index contributed by atoms with van der Waals surface area (Å²) in [6.45, 7) is 1.70. The summed E-state index contributed by atoms with van der Waals surface area (Å²) in [5, 5.41) is 30.3. The van der Waals surface area contributed by atoms with Gasteiger partial charge in [-0.25, -0.2) is 0 Å². The standard InChI is InChI=1S/C13H15N3O5/c1-6-7(5-8(14)13(18)19)11-9(16(20)21)3-4-10(17)12(11)15(6)2/h3-4,8,17H,5,14H2,1-2H3,(H,18,19). The maximum absolute atomic E-state index is 11.2. The Bertz CT molecular complexity index is 750. The lowest BCUT2D eigenvalue weighted by molar-refractivity contribution is -0.383. The van der Waals surface area contributed by atoms with Gasteiger partial charge in [-0.2, -0.15) is 0 Å². The summed E-state index contributed by atoms with van der Waals surface area (Å²) >= 11 is 0. The van der Waals surface area contributed by atoms with Gasteiger partial charge in [-0.1, -0.05) is 0 Å². The number of aromatic nitrogens is 1. The maximum atomic E-state index is 11.2. The number of fused-ring (bicyclic) bond motifs is 1.